The Hall–Kier alpha value is -2.43. The molecular weight excluding hydrogens is 513 g/mol. The monoisotopic (exact) mass is 540 g/mol. The third-order valence-electron chi connectivity index (χ3n) is 6.46. The molecule has 2 fully saturated rings. The summed E-state index contributed by atoms with van der Waals surface area (Å²) in [6, 6.07) is 11.7. The largest absolute Gasteiger partial charge is 0.416 e. The molecule has 11 heteroatoms. The van der Waals surface area contributed by atoms with E-state index in [9.17, 15) is 22.8 Å². The first-order valence-electron chi connectivity index (χ1n) is 11.8. The van der Waals surface area contributed by atoms with E-state index in [2.05, 4.69) is 10.2 Å². The molecule has 3 amide bonds. The number of carbonyl (C=O) groups is 2. The van der Waals surface area contributed by atoms with Crippen LogP contribution in [0.15, 0.2) is 48.5 Å². The second-order valence-corrected chi connectivity index (χ2v) is 10.5. The number of rotatable bonds is 6. The molecule has 0 spiro atoms. The van der Waals surface area contributed by atoms with Gasteiger partial charge in [0.05, 0.1) is 10.8 Å². The third-order valence-corrected chi connectivity index (χ3v) is 8.43. The van der Waals surface area contributed by atoms with E-state index in [1.165, 1.54) is 12.1 Å². The number of nitrogens with one attached hydrogen (secondary N) is 1. The van der Waals surface area contributed by atoms with Crippen molar-refractivity contribution < 1.29 is 22.8 Å². The first-order chi connectivity index (χ1) is 17.2. The zero-order chi connectivity index (χ0) is 25.9. The third kappa shape index (κ3) is 6.10. The quantitative estimate of drug-likeness (QED) is 0.521. The average molecular weight is 541 g/mol. The van der Waals surface area contributed by atoms with E-state index in [1.54, 1.807) is 16.7 Å². The number of amides is 3. The second-order valence-electron chi connectivity index (χ2n) is 8.77. The highest BCUT2D eigenvalue weighted by Gasteiger charge is 2.40. The van der Waals surface area contributed by atoms with E-state index in [-0.39, 0.29) is 22.6 Å². The predicted octanol–water partition coefficient (Wildman–Crippen LogP) is 5.56. The molecule has 2 unspecified atom stereocenters. The molecule has 0 bridgehead atoms. The van der Waals surface area contributed by atoms with Gasteiger partial charge in [0.15, 0.2) is 0 Å². The van der Waals surface area contributed by atoms with Gasteiger partial charge in [-0.05, 0) is 36.8 Å². The van der Waals surface area contributed by atoms with Crippen LogP contribution in [0, 0.1) is 0 Å². The summed E-state index contributed by atoms with van der Waals surface area (Å²) in [5.74, 6) is 0.127. The van der Waals surface area contributed by atoms with Crippen LogP contribution in [0.5, 0.6) is 0 Å². The minimum Gasteiger partial charge on any atom is -0.324 e. The molecule has 0 aromatic heterocycles. The predicted molar refractivity (Wildman–Crippen MR) is 136 cm³/mol. The highest BCUT2D eigenvalue weighted by atomic mass is 35.5. The van der Waals surface area contributed by atoms with Crippen molar-refractivity contribution in [3.05, 3.63) is 64.7 Å². The van der Waals surface area contributed by atoms with Crippen LogP contribution in [0.4, 0.5) is 23.7 Å². The number of nitrogens with zero attached hydrogens (tertiary/aromatic N) is 3. The molecule has 2 aromatic carbocycles. The summed E-state index contributed by atoms with van der Waals surface area (Å²) in [7, 11) is 0. The lowest BCUT2D eigenvalue weighted by molar-refractivity contribution is -0.137. The van der Waals surface area contributed by atoms with E-state index in [0.29, 0.717) is 50.0 Å². The molecule has 4 rings (SSSR count). The van der Waals surface area contributed by atoms with Gasteiger partial charge < -0.3 is 15.1 Å². The van der Waals surface area contributed by atoms with Crippen molar-refractivity contribution in [2.45, 2.75) is 30.1 Å². The van der Waals surface area contributed by atoms with Crippen LogP contribution >= 0.6 is 23.4 Å². The van der Waals surface area contributed by atoms with E-state index >= 15 is 0 Å². The van der Waals surface area contributed by atoms with Crippen molar-refractivity contribution in [3.8, 4) is 0 Å². The first-order valence-corrected chi connectivity index (χ1v) is 13.2. The van der Waals surface area contributed by atoms with E-state index in [1.807, 2.05) is 36.1 Å². The number of anilines is 1. The molecule has 0 aliphatic carbocycles. The molecule has 36 heavy (non-hydrogen) atoms. The molecule has 6 nitrogen and oxygen atoms in total. The van der Waals surface area contributed by atoms with Gasteiger partial charge in [-0.2, -0.15) is 13.2 Å². The lowest BCUT2D eigenvalue weighted by atomic mass is 10.2. The maximum Gasteiger partial charge on any atom is 0.416 e. The number of hydrogen-bond acceptors (Lipinski definition) is 4. The Bertz CT molecular complexity index is 1080. The topological polar surface area (TPSA) is 55.9 Å². The fourth-order valence-electron chi connectivity index (χ4n) is 4.37. The van der Waals surface area contributed by atoms with Crippen molar-refractivity contribution in [1.82, 2.24) is 14.7 Å². The lowest BCUT2D eigenvalue weighted by Crippen LogP contribution is -2.51. The summed E-state index contributed by atoms with van der Waals surface area (Å²) in [4.78, 5) is 31.3. The number of urea groups is 1. The Kier molecular flexibility index (Phi) is 8.37. The fourth-order valence-corrected chi connectivity index (χ4v) is 6.14. The van der Waals surface area contributed by atoms with Gasteiger partial charge in [-0.1, -0.05) is 36.7 Å². The van der Waals surface area contributed by atoms with Crippen molar-refractivity contribution in [2.75, 3.05) is 44.6 Å². The van der Waals surface area contributed by atoms with Gasteiger partial charge in [0.2, 0.25) is 5.91 Å². The molecule has 1 N–H and O–H groups in total. The van der Waals surface area contributed by atoms with Crippen molar-refractivity contribution in [1.29, 1.82) is 0 Å². The summed E-state index contributed by atoms with van der Waals surface area (Å²) in [6.45, 7) is 5.51. The van der Waals surface area contributed by atoms with Crippen molar-refractivity contribution >= 4 is 41.0 Å². The smallest absolute Gasteiger partial charge is 0.324 e. The van der Waals surface area contributed by atoms with Gasteiger partial charge in [0.1, 0.15) is 5.37 Å². The number of piperazine rings is 1. The van der Waals surface area contributed by atoms with Gasteiger partial charge in [-0.3, -0.25) is 9.69 Å². The average Bonchev–Trinajstić information content (AvgIpc) is 3.18. The SMILES string of the molecule is CCC1SC(c2ccccc2Cl)N(CCN2CCN(C(=O)Nc3ccc(C(F)(F)F)cc3)CC2)C1=O. The second kappa shape index (κ2) is 11.3. The van der Waals surface area contributed by atoms with E-state index in [0.717, 1.165) is 24.1 Å². The molecule has 2 aliphatic rings. The summed E-state index contributed by atoms with van der Waals surface area (Å²) >= 11 is 8.07. The van der Waals surface area contributed by atoms with Gasteiger partial charge in [0.25, 0.3) is 0 Å². The van der Waals surface area contributed by atoms with Crippen LogP contribution in [0.1, 0.15) is 29.8 Å². The summed E-state index contributed by atoms with van der Waals surface area (Å²) < 4.78 is 38.2. The zero-order valence-electron chi connectivity index (χ0n) is 19.8. The van der Waals surface area contributed by atoms with Crippen LogP contribution in [-0.4, -0.2) is 71.2 Å². The van der Waals surface area contributed by atoms with Crippen molar-refractivity contribution in [2.24, 2.45) is 0 Å². The number of halogens is 4. The fraction of sp³-hybridized carbons (Fsp3) is 0.440. The van der Waals surface area contributed by atoms with Gasteiger partial charge in [0, 0.05) is 55.5 Å². The Labute approximate surface area is 217 Å². The Morgan fingerprint density at radius 1 is 1.06 bits per heavy atom. The standard InChI is InChI=1S/C25H28ClF3N4O2S/c1-2-21-22(34)33(23(36-21)19-5-3-4-6-20(19)26)16-13-31-11-14-32(15-12-31)24(35)30-18-9-7-17(8-10-18)25(27,28)29/h3-10,21,23H,2,11-16H2,1H3,(H,30,35). The molecule has 2 saturated heterocycles. The summed E-state index contributed by atoms with van der Waals surface area (Å²) in [6.07, 6.45) is -3.66. The van der Waals surface area contributed by atoms with Crippen LogP contribution in [0.25, 0.3) is 0 Å². The minimum atomic E-state index is -4.41. The summed E-state index contributed by atoms with van der Waals surface area (Å²) in [5.41, 5.74) is 0.501. The number of alkyl halides is 3. The highest BCUT2D eigenvalue weighted by molar-refractivity contribution is 8.01. The van der Waals surface area contributed by atoms with Gasteiger partial charge in [-0.25, -0.2) is 4.79 Å². The normalized spacial score (nSPS) is 21.2. The molecular formula is C25H28ClF3N4O2S. The number of carbonyl (C=O) groups excluding carboxylic acids is 2. The van der Waals surface area contributed by atoms with Crippen LogP contribution < -0.4 is 5.32 Å². The molecule has 2 aliphatic heterocycles. The minimum absolute atomic E-state index is 0.0861. The maximum atomic E-state index is 13.0. The van der Waals surface area contributed by atoms with Crippen LogP contribution in [0.2, 0.25) is 5.02 Å². The highest BCUT2D eigenvalue weighted by Crippen LogP contribution is 2.45. The molecule has 2 atom stereocenters. The van der Waals surface area contributed by atoms with E-state index < -0.39 is 11.7 Å². The van der Waals surface area contributed by atoms with Gasteiger partial charge >= 0.3 is 12.2 Å². The number of thioether (sulfide) groups is 1. The van der Waals surface area contributed by atoms with E-state index in [4.69, 9.17) is 11.6 Å². The van der Waals surface area contributed by atoms with Gasteiger partial charge in [-0.15, -0.1) is 11.8 Å². The molecule has 0 saturated carbocycles. The van der Waals surface area contributed by atoms with Crippen LogP contribution in [0.3, 0.4) is 0 Å². The first kappa shape index (κ1) is 26.6. The number of benzene rings is 2. The molecule has 0 radical (unpaired) electrons. The maximum absolute atomic E-state index is 13.0. The number of hydrogen-bond donors (Lipinski definition) is 1. The Balaban J connectivity index is 1.29. The molecule has 2 aromatic rings. The van der Waals surface area contributed by atoms with Crippen LogP contribution in [-0.2, 0) is 11.0 Å². The zero-order valence-corrected chi connectivity index (χ0v) is 21.4. The molecule has 194 valence electrons. The Morgan fingerprint density at radius 2 is 1.72 bits per heavy atom. The molecule has 2 heterocycles. The Morgan fingerprint density at radius 3 is 2.33 bits per heavy atom. The lowest BCUT2D eigenvalue weighted by Gasteiger charge is -2.36. The summed E-state index contributed by atoms with van der Waals surface area (Å²) in [5, 5.41) is 3.11. The van der Waals surface area contributed by atoms with Crippen molar-refractivity contribution in [3.63, 3.8) is 0 Å².